The summed E-state index contributed by atoms with van der Waals surface area (Å²) in [7, 11) is 0. The lowest BCUT2D eigenvalue weighted by molar-refractivity contribution is -0.0412. The smallest absolute Gasteiger partial charge is 0.123 e. The molecule has 2 saturated heterocycles. The van der Waals surface area contributed by atoms with Gasteiger partial charge in [0, 0.05) is 25.2 Å². The van der Waals surface area contributed by atoms with Crippen molar-refractivity contribution in [2.75, 3.05) is 19.7 Å². The molecular formula is C17H25NO3. The van der Waals surface area contributed by atoms with Crippen LogP contribution < -0.4 is 4.74 Å². The predicted octanol–water partition coefficient (Wildman–Crippen LogP) is 2.50. The molecule has 4 heteroatoms. The Hall–Kier alpha value is -1.10. The van der Waals surface area contributed by atoms with Gasteiger partial charge < -0.3 is 14.6 Å². The van der Waals surface area contributed by atoms with Crippen molar-refractivity contribution < 1.29 is 14.6 Å². The van der Waals surface area contributed by atoms with Gasteiger partial charge in [0.15, 0.2) is 0 Å². The van der Waals surface area contributed by atoms with Crippen LogP contribution in [0.25, 0.3) is 0 Å². The summed E-state index contributed by atoms with van der Waals surface area (Å²) in [4.78, 5) is 2.45. The second-order valence-corrected chi connectivity index (χ2v) is 6.13. The molecule has 1 aromatic rings. The molecule has 0 aliphatic carbocycles. The Bertz CT molecular complexity index is 477. The largest absolute Gasteiger partial charge is 0.494 e. The number of hydrogen-bond acceptors (Lipinski definition) is 4. The Morgan fingerprint density at radius 2 is 2.05 bits per heavy atom. The maximum Gasteiger partial charge on any atom is 0.123 e. The molecule has 4 nitrogen and oxygen atoms in total. The highest BCUT2D eigenvalue weighted by Crippen LogP contribution is 2.30. The lowest BCUT2D eigenvalue weighted by Gasteiger charge is -2.32. The van der Waals surface area contributed by atoms with Crippen LogP contribution in [0.3, 0.4) is 0 Å². The van der Waals surface area contributed by atoms with Crippen LogP contribution in [0, 0.1) is 0 Å². The van der Waals surface area contributed by atoms with Crippen LogP contribution in [0.5, 0.6) is 5.75 Å². The number of likely N-dealkylation sites (tertiary alicyclic amines) is 1. The molecule has 0 amide bonds. The fourth-order valence-corrected chi connectivity index (χ4v) is 3.35. The molecule has 2 bridgehead atoms. The van der Waals surface area contributed by atoms with Gasteiger partial charge in [-0.1, -0.05) is 6.07 Å². The summed E-state index contributed by atoms with van der Waals surface area (Å²) in [6, 6.07) is 6.01. The van der Waals surface area contributed by atoms with Crippen LogP contribution in [0.4, 0.5) is 0 Å². The molecule has 2 heterocycles. The third-order valence-electron chi connectivity index (χ3n) is 4.38. The number of fused-ring (bicyclic) bond motifs is 2. The highest BCUT2D eigenvalue weighted by atomic mass is 16.5. The van der Waals surface area contributed by atoms with Crippen LogP contribution in [0.15, 0.2) is 18.2 Å². The minimum atomic E-state index is -0.444. The Kier molecular flexibility index (Phi) is 4.48. The highest BCUT2D eigenvalue weighted by molar-refractivity contribution is 5.38. The van der Waals surface area contributed by atoms with E-state index in [-0.39, 0.29) is 0 Å². The number of hydrogen-bond donors (Lipinski definition) is 1. The predicted molar refractivity (Wildman–Crippen MR) is 81.4 cm³/mol. The van der Waals surface area contributed by atoms with Crippen molar-refractivity contribution in [1.29, 1.82) is 0 Å². The van der Waals surface area contributed by atoms with Crippen LogP contribution in [-0.2, 0) is 11.3 Å². The summed E-state index contributed by atoms with van der Waals surface area (Å²) >= 11 is 0. The van der Waals surface area contributed by atoms with Crippen molar-refractivity contribution in [2.45, 2.75) is 51.5 Å². The first-order valence-electron chi connectivity index (χ1n) is 7.97. The number of aliphatic hydroxyl groups excluding tert-OH is 1. The van der Waals surface area contributed by atoms with Gasteiger partial charge in [-0.3, -0.25) is 4.90 Å². The van der Waals surface area contributed by atoms with Gasteiger partial charge in [0.25, 0.3) is 0 Å². The first kappa shape index (κ1) is 14.8. The Labute approximate surface area is 126 Å². The SMILES string of the molecule is CCOc1ccc(C(C)O)cc1CN1CC2CCC(C1)O2. The molecule has 2 aliphatic heterocycles. The maximum atomic E-state index is 9.79. The first-order chi connectivity index (χ1) is 10.2. The monoisotopic (exact) mass is 291 g/mol. The summed E-state index contributed by atoms with van der Waals surface area (Å²) in [5, 5.41) is 9.79. The molecule has 2 fully saturated rings. The summed E-state index contributed by atoms with van der Waals surface area (Å²) < 4.78 is 11.6. The molecule has 21 heavy (non-hydrogen) atoms. The van der Waals surface area contributed by atoms with E-state index in [4.69, 9.17) is 9.47 Å². The van der Waals surface area contributed by atoms with Crippen molar-refractivity contribution >= 4 is 0 Å². The molecule has 1 N–H and O–H groups in total. The van der Waals surface area contributed by atoms with Crippen molar-refractivity contribution in [3.8, 4) is 5.75 Å². The zero-order chi connectivity index (χ0) is 14.8. The minimum Gasteiger partial charge on any atom is -0.494 e. The first-order valence-corrected chi connectivity index (χ1v) is 7.97. The fourth-order valence-electron chi connectivity index (χ4n) is 3.35. The Morgan fingerprint density at radius 3 is 2.67 bits per heavy atom. The third-order valence-corrected chi connectivity index (χ3v) is 4.38. The van der Waals surface area contributed by atoms with Gasteiger partial charge in [0.05, 0.1) is 24.9 Å². The van der Waals surface area contributed by atoms with Gasteiger partial charge in [0.2, 0.25) is 0 Å². The van der Waals surface area contributed by atoms with E-state index >= 15 is 0 Å². The number of aliphatic hydroxyl groups is 1. The standard InChI is InChI=1S/C17H25NO3/c1-3-20-17-7-4-13(12(2)19)8-14(17)9-18-10-15-5-6-16(11-18)21-15/h4,7-8,12,15-16,19H,3,5-6,9-11H2,1-2H3. The normalized spacial score (nSPS) is 26.8. The molecule has 3 rings (SSSR count). The molecule has 2 aliphatic rings. The molecule has 3 atom stereocenters. The van der Waals surface area contributed by atoms with E-state index in [0.29, 0.717) is 18.8 Å². The van der Waals surface area contributed by atoms with E-state index < -0.39 is 6.10 Å². The van der Waals surface area contributed by atoms with Crippen LogP contribution >= 0.6 is 0 Å². The fraction of sp³-hybridized carbons (Fsp3) is 0.647. The van der Waals surface area contributed by atoms with Crippen LogP contribution in [0.1, 0.15) is 43.9 Å². The summed E-state index contributed by atoms with van der Waals surface area (Å²) in [5.74, 6) is 0.931. The molecule has 3 unspecified atom stereocenters. The minimum absolute atomic E-state index is 0.402. The molecule has 0 radical (unpaired) electrons. The number of morpholine rings is 1. The van der Waals surface area contributed by atoms with Crippen LogP contribution in [-0.4, -0.2) is 41.9 Å². The second-order valence-electron chi connectivity index (χ2n) is 6.13. The lowest BCUT2D eigenvalue weighted by Crippen LogP contribution is -2.42. The van der Waals surface area contributed by atoms with E-state index in [1.807, 2.05) is 19.1 Å². The Balaban J connectivity index is 1.77. The molecule has 116 valence electrons. The van der Waals surface area contributed by atoms with Gasteiger partial charge in [-0.2, -0.15) is 0 Å². The van der Waals surface area contributed by atoms with E-state index in [9.17, 15) is 5.11 Å². The average Bonchev–Trinajstić information content (AvgIpc) is 2.80. The van der Waals surface area contributed by atoms with Crippen molar-refractivity contribution in [1.82, 2.24) is 4.90 Å². The molecule has 0 aromatic heterocycles. The number of benzene rings is 1. The zero-order valence-corrected chi connectivity index (χ0v) is 12.9. The van der Waals surface area contributed by atoms with E-state index in [0.717, 1.165) is 36.5 Å². The van der Waals surface area contributed by atoms with Gasteiger partial charge in [0.1, 0.15) is 5.75 Å². The van der Waals surface area contributed by atoms with Gasteiger partial charge in [-0.25, -0.2) is 0 Å². The van der Waals surface area contributed by atoms with Gasteiger partial charge in [-0.05, 0) is 44.4 Å². The summed E-state index contributed by atoms with van der Waals surface area (Å²) in [6.07, 6.45) is 2.74. The quantitative estimate of drug-likeness (QED) is 0.905. The van der Waals surface area contributed by atoms with E-state index in [1.54, 1.807) is 6.92 Å². The van der Waals surface area contributed by atoms with Gasteiger partial charge in [-0.15, -0.1) is 0 Å². The highest BCUT2D eigenvalue weighted by Gasteiger charge is 2.33. The molecular weight excluding hydrogens is 266 g/mol. The zero-order valence-electron chi connectivity index (χ0n) is 12.9. The molecule has 0 saturated carbocycles. The van der Waals surface area contributed by atoms with Gasteiger partial charge >= 0.3 is 0 Å². The summed E-state index contributed by atoms with van der Waals surface area (Å²) in [6.45, 7) is 7.33. The number of nitrogens with zero attached hydrogens (tertiary/aromatic N) is 1. The Morgan fingerprint density at radius 1 is 1.33 bits per heavy atom. The maximum absolute atomic E-state index is 9.79. The van der Waals surface area contributed by atoms with Crippen LogP contribution in [0.2, 0.25) is 0 Å². The van der Waals surface area contributed by atoms with Crippen molar-refractivity contribution in [2.24, 2.45) is 0 Å². The van der Waals surface area contributed by atoms with E-state index in [1.165, 1.54) is 12.8 Å². The topological polar surface area (TPSA) is 41.9 Å². The number of ether oxygens (including phenoxy) is 2. The average molecular weight is 291 g/mol. The molecule has 0 spiro atoms. The second kappa shape index (κ2) is 6.34. The van der Waals surface area contributed by atoms with E-state index in [2.05, 4.69) is 11.0 Å². The lowest BCUT2D eigenvalue weighted by atomic mass is 10.1. The van der Waals surface area contributed by atoms with Crippen molar-refractivity contribution in [3.63, 3.8) is 0 Å². The summed E-state index contributed by atoms with van der Waals surface area (Å²) in [5.41, 5.74) is 2.11. The number of rotatable bonds is 5. The van der Waals surface area contributed by atoms with Crippen molar-refractivity contribution in [3.05, 3.63) is 29.3 Å². The molecule has 1 aromatic carbocycles. The third kappa shape index (κ3) is 3.39.